The smallest absolute Gasteiger partial charge is 0.316 e. The molecule has 1 aliphatic carbocycles. The summed E-state index contributed by atoms with van der Waals surface area (Å²) in [6.45, 7) is 3.28. The summed E-state index contributed by atoms with van der Waals surface area (Å²) in [5.74, 6) is -4.54. The van der Waals surface area contributed by atoms with Gasteiger partial charge in [-0.05, 0) is 25.0 Å². The van der Waals surface area contributed by atoms with Gasteiger partial charge in [0.05, 0.1) is 17.7 Å². The molecule has 0 heterocycles. The van der Waals surface area contributed by atoms with Crippen molar-refractivity contribution in [3.8, 4) is 11.5 Å². The number of aromatic hydroxyl groups is 2. The molecule has 0 radical (unpaired) electrons. The molecular formula is C22H20O7. The molecule has 2 aromatic carbocycles. The van der Waals surface area contributed by atoms with Gasteiger partial charge in [-0.1, -0.05) is 31.2 Å². The van der Waals surface area contributed by atoms with Gasteiger partial charge in [-0.25, -0.2) is 0 Å². The first-order valence-electron chi connectivity index (χ1n) is 9.27. The third kappa shape index (κ3) is 3.40. The van der Waals surface area contributed by atoms with E-state index in [1.54, 1.807) is 26.0 Å². The summed E-state index contributed by atoms with van der Waals surface area (Å²) in [5, 5.41) is 21.2. The molecule has 0 amide bonds. The van der Waals surface area contributed by atoms with Crippen LogP contribution in [0.3, 0.4) is 0 Å². The van der Waals surface area contributed by atoms with Crippen molar-refractivity contribution in [2.24, 2.45) is 5.92 Å². The van der Waals surface area contributed by atoms with Crippen LogP contribution in [-0.4, -0.2) is 40.1 Å². The van der Waals surface area contributed by atoms with E-state index in [9.17, 15) is 29.4 Å². The van der Waals surface area contributed by atoms with E-state index in [-0.39, 0.29) is 47.3 Å². The summed E-state index contributed by atoms with van der Waals surface area (Å²) < 4.78 is 4.94. The van der Waals surface area contributed by atoms with Crippen molar-refractivity contribution in [1.82, 2.24) is 0 Å². The number of hydrogen-bond donors (Lipinski definition) is 2. The maximum atomic E-state index is 12.9. The van der Waals surface area contributed by atoms with Gasteiger partial charge in [0.2, 0.25) is 0 Å². The van der Waals surface area contributed by atoms with E-state index < -0.39 is 40.7 Å². The summed E-state index contributed by atoms with van der Waals surface area (Å²) in [5.41, 5.74) is -0.345. The second-order valence-corrected chi connectivity index (χ2v) is 6.69. The highest BCUT2D eigenvalue weighted by Crippen LogP contribution is 2.40. The van der Waals surface area contributed by atoms with Crippen molar-refractivity contribution in [3.05, 3.63) is 58.1 Å². The highest BCUT2D eigenvalue weighted by atomic mass is 16.5. The lowest BCUT2D eigenvalue weighted by Crippen LogP contribution is -2.28. The van der Waals surface area contributed by atoms with Gasteiger partial charge in [0, 0.05) is 17.5 Å². The number of ketones is 3. The number of hydrogen-bond acceptors (Lipinski definition) is 7. The molecule has 0 bridgehead atoms. The summed E-state index contributed by atoms with van der Waals surface area (Å²) in [7, 11) is 0. The second-order valence-electron chi connectivity index (χ2n) is 6.69. The van der Waals surface area contributed by atoms with E-state index in [1.165, 1.54) is 12.1 Å². The molecule has 7 nitrogen and oxygen atoms in total. The largest absolute Gasteiger partial charge is 0.507 e. The number of benzene rings is 2. The van der Waals surface area contributed by atoms with Crippen LogP contribution in [0.5, 0.6) is 11.5 Å². The lowest BCUT2D eigenvalue weighted by Gasteiger charge is -2.22. The first-order valence-corrected chi connectivity index (χ1v) is 9.27. The minimum Gasteiger partial charge on any atom is -0.507 e. The fourth-order valence-electron chi connectivity index (χ4n) is 3.51. The van der Waals surface area contributed by atoms with Gasteiger partial charge in [-0.3, -0.25) is 19.2 Å². The highest BCUT2D eigenvalue weighted by Gasteiger charge is 2.37. The highest BCUT2D eigenvalue weighted by molar-refractivity contribution is 6.30. The fraction of sp³-hybridized carbons (Fsp3) is 0.273. The number of rotatable bonds is 6. The normalized spacial score (nSPS) is 13.4. The number of phenols is 2. The lowest BCUT2D eigenvalue weighted by molar-refractivity contribution is -0.151. The molecule has 0 aromatic heterocycles. The van der Waals surface area contributed by atoms with Crippen molar-refractivity contribution in [1.29, 1.82) is 0 Å². The van der Waals surface area contributed by atoms with Gasteiger partial charge < -0.3 is 14.9 Å². The maximum absolute atomic E-state index is 12.9. The number of esters is 1. The number of carbonyl (C=O) groups is 4. The van der Waals surface area contributed by atoms with Crippen LogP contribution < -0.4 is 0 Å². The Morgan fingerprint density at radius 3 is 2.14 bits per heavy atom. The van der Waals surface area contributed by atoms with E-state index in [2.05, 4.69) is 0 Å². The van der Waals surface area contributed by atoms with Crippen LogP contribution in [0.2, 0.25) is 0 Å². The fourth-order valence-corrected chi connectivity index (χ4v) is 3.51. The molecule has 0 aliphatic heterocycles. The maximum Gasteiger partial charge on any atom is 0.316 e. The molecule has 0 fully saturated rings. The predicted octanol–water partition coefficient (Wildman–Crippen LogP) is 2.57. The van der Waals surface area contributed by atoms with Crippen molar-refractivity contribution in [2.45, 2.75) is 26.7 Å². The zero-order chi connectivity index (χ0) is 21.3. The van der Waals surface area contributed by atoms with Crippen LogP contribution in [0.1, 0.15) is 57.7 Å². The summed E-state index contributed by atoms with van der Waals surface area (Å²) >= 11 is 0. The van der Waals surface area contributed by atoms with Crippen molar-refractivity contribution < 1.29 is 34.1 Å². The minimum absolute atomic E-state index is 0.0154. The van der Waals surface area contributed by atoms with Gasteiger partial charge in [-0.15, -0.1) is 0 Å². The predicted molar refractivity (Wildman–Crippen MR) is 102 cm³/mol. The standard InChI is InChI=1S/C22H20O7/c1-3-15(23)14(22(28)29-4-2)9-11-10-16(24)17-18(19(11)25)21(27)13-8-6-5-7-12(13)20(17)26/h5-8,10,14,24-25H,3-4,9H2,1-2H3. The Morgan fingerprint density at radius 1 is 1.00 bits per heavy atom. The summed E-state index contributed by atoms with van der Waals surface area (Å²) in [4.78, 5) is 50.1. The topological polar surface area (TPSA) is 118 Å². The quantitative estimate of drug-likeness (QED) is 0.373. The molecule has 29 heavy (non-hydrogen) atoms. The van der Waals surface area contributed by atoms with E-state index >= 15 is 0 Å². The van der Waals surface area contributed by atoms with Crippen LogP contribution in [0.15, 0.2) is 30.3 Å². The molecule has 2 N–H and O–H groups in total. The zero-order valence-corrected chi connectivity index (χ0v) is 16.0. The number of ether oxygens (including phenoxy) is 1. The van der Waals surface area contributed by atoms with Gasteiger partial charge in [0.25, 0.3) is 0 Å². The van der Waals surface area contributed by atoms with Crippen LogP contribution in [0.4, 0.5) is 0 Å². The number of Topliss-reactive ketones (excluding diaryl/α,β-unsaturated/α-hetero) is 1. The molecule has 0 saturated heterocycles. The number of carbonyl (C=O) groups excluding carboxylic acids is 4. The monoisotopic (exact) mass is 396 g/mol. The first kappa shape index (κ1) is 20.3. The number of fused-ring (bicyclic) bond motifs is 2. The van der Waals surface area contributed by atoms with Crippen LogP contribution in [0, 0.1) is 5.92 Å². The summed E-state index contributed by atoms with van der Waals surface area (Å²) in [6.07, 6.45) is -0.187. The molecule has 0 saturated carbocycles. The minimum atomic E-state index is -1.19. The zero-order valence-electron chi connectivity index (χ0n) is 16.0. The van der Waals surface area contributed by atoms with E-state index in [0.717, 1.165) is 6.07 Å². The SMILES string of the molecule is CCOC(=O)C(Cc1cc(O)c2c(c1O)C(=O)c1ccccc1C2=O)C(=O)CC. The van der Waals surface area contributed by atoms with E-state index in [4.69, 9.17) is 4.74 Å². The molecule has 1 aliphatic rings. The molecule has 3 rings (SSSR count). The van der Waals surface area contributed by atoms with Crippen LogP contribution >= 0.6 is 0 Å². The summed E-state index contributed by atoms with van der Waals surface area (Å²) in [6, 6.07) is 7.23. The van der Waals surface area contributed by atoms with E-state index in [0.29, 0.717) is 0 Å². The Bertz CT molecular complexity index is 1040. The van der Waals surface area contributed by atoms with Crippen molar-refractivity contribution in [3.63, 3.8) is 0 Å². The Hall–Kier alpha value is -3.48. The average Bonchev–Trinajstić information content (AvgIpc) is 2.71. The van der Waals surface area contributed by atoms with Crippen LogP contribution in [-0.2, 0) is 20.7 Å². The third-order valence-corrected chi connectivity index (χ3v) is 4.96. The molecule has 1 atom stereocenters. The van der Waals surface area contributed by atoms with Crippen molar-refractivity contribution in [2.75, 3.05) is 6.61 Å². The molecule has 2 aromatic rings. The third-order valence-electron chi connectivity index (χ3n) is 4.96. The molecule has 0 spiro atoms. The van der Waals surface area contributed by atoms with E-state index in [1.807, 2.05) is 0 Å². The Morgan fingerprint density at radius 2 is 1.59 bits per heavy atom. The second kappa shape index (κ2) is 7.87. The average molecular weight is 396 g/mol. The molecular weight excluding hydrogens is 376 g/mol. The molecule has 1 unspecified atom stereocenters. The van der Waals surface area contributed by atoms with Gasteiger partial charge in [0.15, 0.2) is 11.6 Å². The first-order chi connectivity index (χ1) is 13.8. The molecule has 150 valence electrons. The van der Waals surface area contributed by atoms with Crippen LogP contribution in [0.25, 0.3) is 0 Å². The number of phenolic OH excluding ortho intramolecular Hbond substituents is 2. The lowest BCUT2D eigenvalue weighted by atomic mass is 9.81. The van der Waals surface area contributed by atoms with Gasteiger partial charge in [0.1, 0.15) is 23.2 Å². The Balaban J connectivity index is 2.11. The van der Waals surface area contributed by atoms with Crippen molar-refractivity contribution >= 4 is 23.3 Å². The Labute approximate surface area is 166 Å². The van der Waals surface area contributed by atoms with Gasteiger partial charge in [-0.2, -0.15) is 0 Å². The van der Waals surface area contributed by atoms with Gasteiger partial charge >= 0.3 is 5.97 Å². The molecule has 7 heteroatoms. The Kier molecular flexibility index (Phi) is 5.50.